The Kier molecular flexibility index (Phi) is 6.53. The minimum absolute atomic E-state index is 0.0877. The number of carbonyl (C=O) groups is 1. The molecule has 0 unspecified atom stereocenters. The lowest BCUT2D eigenvalue weighted by Crippen LogP contribution is -2.50. The van der Waals surface area contributed by atoms with Gasteiger partial charge in [0, 0.05) is 31.5 Å². The van der Waals surface area contributed by atoms with Gasteiger partial charge in [-0.2, -0.15) is 0 Å². The van der Waals surface area contributed by atoms with Gasteiger partial charge in [0.05, 0.1) is 25.5 Å². The third-order valence-electron chi connectivity index (χ3n) is 6.32. The van der Waals surface area contributed by atoms with E-state index < -0.39 is 0 Å². The smallest absolute Gasteiger partial charge is 0.253 e. The summed E-state index contributed by atoms with van der Waals surface area (Å²) in [6, 6.07) is 11.2. The number of aromatic nitrogens is 1. The molecule has 6 heteroatoms. The van der Waals surface area contributed by atoms with Crippen molar-refractivity contribution in [3.8, 4) is 11.5 Å². The standard InChI is InChI=1S/C24H30N2O4/c1-28-21-6-4-20(5-7-21)23(27)26-13-10-24(11-14-26)17-19(9-16-30-24)8-15-29-22-3-2-12-25-18-22/h2-7,12,18-19H,8-11,13-17H2,1H3/t19-/m0/s1. The van der Waals surface area contributed by atoms with Crippen LogP contribution in [0, 0.1) is 5.92 Å². The van der Waals surface area contributed by atoms with Crippen LogP contribution >= 0.6 is 0 Å². The van der Waals surface area contributed by atoms with Gasteiger partial charge < -0.3 is 19.1 Å². The molecule has 160 valence electrons. The molecule has 2 aliphatic rings. The van der Waals surface area contributed by atoms with Gasteiger partial charge in [0.15, 0.2) is 0 Å². The third-order valence-corrected chi connectivity index (χ3v) is 6.32. The summed E-state index contributed by atoms with van der Waals surface area (Å²) in [4.78, 5) is 18.9. The van der Waals surface area contributed by atoms with E-state index in [2.05, 4.69) is 4.98 Å². The maximum absolute atomic E-state index is 12.8. The van der Waals surface area contributed by atoms with Crippen LogP contribution in [-0.2, 0) is 4.74 Å². The molecule has 2 fully saturated rings. The van der Waals surface area contributed by atoms with E-state index in [1.165, 1.54) is 0 Å². The number of benzene rings is 1. The Hall–Kier alpha value is -2.60. The Morgan fingerprint density at radius 3 is 2.70 bits per heavy atom. The van der Waals surface area contributed by atoms with Gasteiger partial charge in [0.1, 0.15) is 11.5 Å². The van der Waals surface area contributed by atoms with Crippen LogP contribution in [0.1, 0.15) is 42.5 Å². The largest absolute Gasteiger partial charge is 0.497 e. The van der Waals surface area contributed by atoms with Crippen molar-refractivity contribution in [1.82, 2.24) is 9.88 Å². The summed E-state index contributed by atoms with van der Waals surface area (Å²) < 4.78 is 17.3. The monoisotopic (exact) mass is 410 g/mol. The molecule has 1 aromatic carbocycles. The van der Waals surface area contributed by atoms with E-state index in [1.54, 1.807) is 19.5 Å². The zero-order valence-electron chi connectivity index (χ0n) is 17.6. The quantitative estimate of drug-likeness (QED) is 0.721. The molecule has 30 heavy (non-hydrogen) atoms. The van der Waals surface area contributed by atoms with E-state index in [4.69, 9.17) is 14.2 Å². The number of hydrogen-bond donors (Lipinski definition) is 0. The van der Waals surface area contributed by atoms with Crippen molar-refractivity contribution < 1.29 is 19.0 Å². The second-order valence-electron chi connectivity index (χ2n) is 8.24. The number of piperidine rings is 1. The number of ether oxygens (including phenoxy) is 3. The lowest BCUT2D eigenvalue weighted by atomic mass is 9.78. The topological polar surface area (TPSA) is 60.9 Å². The predicted molar refractivity (Wildman–Crippen MR) is 114 cm³/mol. The highest BCUT2D eigenvalue weighted by Gasteiger charge is 2.41. The van der Waals surface area contributed by atoms with Gasteiger partial charge in [-0.05, 0) is 74.4 Å². The highest BCUT2D eigenvalue weighted by atomic mass is 16.5. The van der Waals surface area contributed by atoms with E-state index in [0.717, 1.165) is 63.3 Å². The van der Waals surface area contributed by atoms with Gasteiger partial charge in [0.2, 0.25) is 0 Å². The summed E-state index contributed by atoms with van der Waals surface area (Å²) in [6.45, 7) is 2.98. The van der Waals surface area contributed by atoms with Gasteiger partial charge in [-0.1, -0.05) is 0 Å². The van der Waals surface area contributed by atoms with Crippen LogP contribution in [0.3, 0.4) is 0 Å². The number of rotatable bonds is 6. The molecule has 6 nitrogen and oxygen atoms in total. The van der Waals surface area contributed by atoms with Gasteiger partial charge >= 0.3 is 0 Å². The molecule has 1 aromatic heterocycles. The van der Waals surface area contributed by atoms with Gasteiger partial charge in [0.25, 0.3) is 5.91 Å². The molecule has 2 aliphatic heterocycles. The molecule has 1 atom stereocenters. The van der Waals surface area contributed by atoms with Crippen molar-refractivity contribution in [1.29, 1.82) is 0 Å². The Bertz CT molecular complexity index is 817. The summed E-state index contributed by atoms with van der Waals surface area (Å²) >= 11 is 0. The summed E-state index contributed by atoms with van der Waals surface area (Å²) in [5.41, 5.74) is 0.621. The van der Waals surface area contributed by atoms with Crippen LogP contribution in [0.2, 0.25) is 0 Å². The van der Waals surface area contributed by atoms with Crippen molar-refractivity contribution in [2.75, 3.05) is 33.4 Å². The molecule has 0 radical (unpaired) electrons. The van der Waals surface area contributed by atoms with Gasteiger partial charge in [-0.3, -0.25) is 9.78 Å². The van der Waals surface area contributed by atoms with Crippen LogP contribution in [0.25, 0.3) is 0 Å². The van der Waals surface area contributed by atoms with Crippen molar-refractivity contribution in [3.63, 3.8) is 0 Å². The zero-order valence-corrected chi connectivity index (χ0v) is 17.6. The Morgan fingerprint density at radius 2 is 2.00 bits per heavy atom. The lowest BCUT2D eigenvalue weighted by Gasteiger charge is -2.46. The number of methoxy groups -OCH3 is 1. The highest BCUT2D eigenvalue weighted by molar-refractivity contribution is 5.94. The molecule has 2 aromatic rings. The fourth-order valence-electron chi connectivity index (χ4n) is 4.53. The molecule has 0 N–H and O–H groups in total. The first kappa shape index (κ1) is 20.7. The van der Waals surface area contributed by atoms with E-state index in [0.29, 0.717) is 18.1 Å². The van der Waals surface area contributed by atoms with Gasteiger partial charge in [-0.15, -0.1) is 0 Å². The molecule has 0 aliphatic carbocycles. The van der Waals surface area contributed by atoms with Crippen molar-refractivity contribution in [3.05, 3.63) is 54.4 Å². The van der Waals surface area contributed by atoms with Gasteiger partial charge in [-0.25, -0.2) is 0 Å². The minimum atomic E-state index is -0.0894. The average molecular weight is 411 g/mol. The lowest BCUT2D eigenvalue weighted by molar-refractivity contribution is -0.125. The summed E-state index contributed by atoms with van der Waals surface area (Å²) in [6.07, 6.45) is 8.45. The summed E-state index contributed by atoms with van der Waals surface area (Å²) in [5, 5.41) is 0. The van der Waals surface area contributed by atoms with Crippen LogP contribution in [0.15, 0.2) is 48.8 Å². The molecule has 4 rings (SSSR count). The third kappa shape index (κ3) is 4.93. The van der Waals surface area contributed by atoms with Crippen molar-refractivity contribution in [2.24, 2.45) is 5.92 Å². The minimum Gasteiger partial charge on any atom is -0.497 e. The Labute approximate surface area is 178 Å². The average Bonchev–Trinajstić information content (AvgIpc) is 2.80. The van der Waals surface area contributed by atoms with Crippen LogP contribution in [0.5, 0.6) is 11.5 Å². The summed E-state index contributed by atoms with van der Waals surface area (Å²) in [7, 11) is 1.63. The molecule has 0 bridgehead atoms. The van der Waals surface area contributed by atoms with E-state index in [9.17, 15) is 4.79 Å². The van der Waals surface area contributed by atoms with Crippen molar-refractivity contribution in [2.45, 2.75) is 37.7 Å². The van der Waals surface area contributed by atoms with Crippen LogP contribution in [0.4, 0.5) is 0 Å². The number of amides is 1. The first-order valence-electron chi connectivity index (χ1n) is 10.8. The number of carbonyl (C=O) groups excluding carboxylic acids is 1. The number of likely N-dealkylation sites (tertiary alicyclic amines) is 1. The second-order valence-corrected chi connectivity index (χ2v) is 8.24. The molecule has 2 saturated heterocycles. The van der Waals surface area contributed by atoms with E-state index >= 15 is 0 Å². The van der Waals surface area contributed by atoms with E-state index in [-0.39, 0.29) is 11.5 Å². The maximum Gasteiger partial charge on any atom is 0.253 e. The highest BCUT2D eigenvalue weighted by Crippen LogP contribution is 2.39. The number of hydrogen-bond acceptors (Lipinski definition) is 5. The second kappa shape index (κ2) is 9.47. The fourth-order valence-corrected chi connectivity index (χ4v) is 4.53. The van der Waals surface area contributed by atoms with Crippen LogP contribution < -0.4 is 9.47 Å². The van der Waals surface area contributed by atoms with E-state index in [1.807, 2.05) is 41.3 Å². The molecular weight excluding hydrogens is 380 g/mol. The first-order valence-corrected chi connectivity index (χ1v) is 10.8. The van der Waals surface area contributed by atoms with Crippen LogP contribution in [-0.4, -0.2) is 54.8 Å². The zero-order chi connectivity index (χ0) is 20.8. The predicted octanol–water partition coefficient (Wildman–Crippen LogP) is 3.96. The molecule has 0 saturated carbocycles. The molecule has 1 amide bonds. The molecule has 3 heterocycles. The van der Waals surface area contributed by atoms with Crippen molar-refractivity contribution >= 4 is 5.91 Å². The number of pyridine rings is 1. The maximum atomic E-state index is 12.8. The number of nitrogens with zero attached hydrogens (tertiary/aromatic N) is 2. The SMILES string of the molecule is COc1ccc(C(=O)N2CCC3(CC2)C[C@@H](CCOc2cccnc2)CCO3)cc1. The normalized spacial score (nSPS) is 20.7. The molecular formula is C24H30N2O4. The first-order chi connectivity index (χ1) is 14.7. The summed E-state index contributed by atoms with van der Waals surface area (Å²) in [5.74, 6) is 2.27. The molecule has 1 spiro atoms. The Morgan fingerprint density at radius 1 is 1.20 bits per heavy atom. The fraction of sp³-hybridized carbons (Fsp3) is 0.500. The Balaban J connectivity index is 1.27.